The number of para-hydroxylation sites is 1. The second-order valence-electron chi connectivity index (χ2n) is 7.30. The van der Waals surface area contributed by atoms with Gasteiger partial charge < -0.3 is 9.64 Å². The minimum absolute atomic E-state index is 0.0279. The Hall–Kier alpha value is -1.88. The molecule has 2 atom stereocenters. The highest BCUT2D eigenvalue weighted by Crippen LogP contribution is 2.29. The lowest BCUT2D eigenvalue weighted by molar-refractivity contribution is -0.126. The molecule has 4 nitrogen and oxygen atoms in total. The molecule has 0 saturated carbocycles. The quantitative estimate of drug-likeness (QED) is 0.799. The van der Waals surface area contributed by atoms with Crippen LogP contribution in [-0.4, -0.2) is 43.1 Å². The molecule has 142 valence electrons. The van der Waals surface area contributed by atoms with Crippen LogP contribution in [0.2, 0.25) is 5.02 Å². The number of halogens is 1. The highest BCUT2D eigenvalue weighted by atomic mass is 35.5. The van der Waals surface area contributed by atoms with Gasteiger partial charge >= 0.3 is 0 Å². The number of carbonyl (C=O) groups excluding carboxylic acids is 1. The standard InChI is InChI=1S/C22H25ClN2O2/c1-16(22(26)25-12-4-6-17-5-2-3-7-20(17)25)24-13-14-27-21(15-24)18-8-10-19(23)11-9-18/h2-3,5,7-11,16,21H,4,6,12-15H2,1H3/t16-,21-/m0/s1. The van der Waals surface area contributed by atoms with Crippen LogP contribution in [0.3, 0.4) is 0 Å². The second-order valence-corrected chi connectivity index (χ2v) is 7.74. The van der Waals surface area contributed by atoms with Crippen molar-refractivity contribution in [3.8, 4) is 0 Å². The number of carbonyl (C=O) groups is 1. The fourth-order valence-electron chi connectivity index (χ4n) is 4.04. The van der Waals surface area contributed by atoms with Crippen molar-refractivity contribution in [3.05, 3.63) is 64.7 Å². The van der Waals surface area contributed by atoms with Crippen LogP contribution in [0.15, 0.2) is 48.5 Å². The average Bonchev–Trinajstić information content (AvgIpc) is 2.73. The minimum atomic E-state index is -0.171. The van der Waals surface area contributed by atoms with Gasteiger partial charge in [-0.1, -0.05) is 41.9 Å². The van der Waals surface area contributed by atoms with Crippen molar-refractivity contribution in [1.82, 2.24) is 4.90 Å². The Kier molecular flexibility index (Phi) is 5.48. The Morgan fingerprint density at radius 3 is 2.74 bits per heavy atom. The van der Waals surface area contributed by atoms with E-state index in [1.165, 1.54) is 5.56 Å². The fraction of sp³-hybridized carbons (Fsp3) is 0.409. The summed E-state index contributed by atoms with van der Waals surface area (Å²) in [4.78, 5) is 17.5. The number of rotatable bonds is 3. The smallest absolute Gasteiger partial charge is 0.244 e. The van der Waals surface area contributed by atoms with E-state index in [2.05, 4.69) is 23.1 Å². The van der Waals surface area contributed by atoms with Crippen LogP contribution in [0, 0.1) is 0 Å². The molecule has 27 heavy (non-hydrogen) atoms. The van der Waals surface area contributed by atoms with E-state index in [1.54, 1.807) is 0 Å². The third-order valence-corrected chi connectivity index (χ3v) is 5.87. The van der Waals surface area contributed by atoms with Gasteiger partial charge in [-0.25, -0.2) is 0 Å². The topological polar surface area (TPSA) is 32.8 Å². The number of ether oxygens (including phenoxy) is 1. The molecule has 1 saturated heterocycles. The van der Waals surface area contributed by atoms with Crippen molar-refractivity contribution < 1.29 is 9.53 Å². The molecule has 2 aromatic carbocycles. The number of amides is 1. The van der Waals surface area contributed by atoms with Crippen molar-refractivity contribution in [2.45, 2.75) is 31.9 Å². The van der Waals surface area contributed by atoms with Gasteiger partial charge in [0.15, 0.2) is 0 Å². The van der Waals surface area contributed by atoms with Crippen molar-refractivity contribution in [1.29, 1.82) is 0 Å². The number of nitrogens with zero attached hydrogens (tertiary/aromatic N) is 2. The number of hydrogen-bond donors (Lipinski definition) is 0. The summed E-state index contributed by atoms with van der Waals surface area (Å²) in [6.07, 6.45) is 2.04. The molecule has 1 fully saturated rings. The maximum atomic E-state index is 13.3. The third-order valence-electron chi connectivity index (χ3n) is 5.62. The number of morpholine rings is 1. The van der Waals surface area contributed by atoms with Gasteiger partial charge in [-0.3, -0.25) is 9.69 Å². The summed E-state index contributed by atoms with van der Waals surface area (Å²) in [7, 11) is 0. The summed E-state index contributed by atoms with van der Waals surface area (Å²) in [5, 5.41) is 0.721. The molecule has 0 aromatic heterocycles. The number of fused-ring (bicyclic) bond motifs is 1. The monoisotopic (exact) mass is 384 g/mol. The predicted molar refractivity (Wildman–Crippen MR) is 108 cm³/mol. The van der Waals surface area contributed by atoms with Crippen LogP contribution in [0.1, 0.15) is 30.6 Å². The lowest BCUT2D eigenvalue weighted by Crippen LogP contribution is -2.52. The molecule has 2 heterocycles. The van der Waals surface area contributed by atoms with E-state index < -0.39 is 0 Å². The molecule has 0 N–H and O–H groups in total. The van der Waals surface area contributed by atoms with Crippen molar-refractivity contribution in [2.24, 2.45) is 0 Å². The van der Waals surface area contributed by atoms with E-state index in [4.69, 9.17) is 16.3 Å². The van der Waals surface area contributed by atoms with E-state index in [9.17, 15) is 4.79 Å². The zero-order valence-corrected chi connectivity index (χ0v) is 16.4. The first-order valence-electron chi connectivity index (χ1n) is 9.64. The molecule has 4 rings (SSSR count). The molecule has 0 aliphatic carbocycles. The molecular weight excluding hydrogens is 360 g/mol. The van der Waals surface area contributed by atoms with Gasteiger partial charge in [0, 0.05) is 30.3 Å². The van der Waals surface area contributed by atoms with E-state index in [-0.39, 0.29) is 18.1 Å². The highest BCUT2D eigenvalue weighted by Gasteiger charge is 2.33. The van der Waals surface area contributed by atoms with Gasteiger partial charge in [0.25, 0.3) is 0 Å². The first-order chi connectivity index (χ1) is 13.1. The SMILES string of the molecule is C[C@@H](C(=O)N1CCCc2ccccc21)N1CCO[C@H](c2ccc(Cl)cc2)C1. The molecule has 0 radical (unpaired) electrons. The summed E-state index contributed by atoms with van der Waals surface area (Å²) in [5.41, 5.74) is 3.44. The average molecular weight is 385 g/mol. The van der Waals surface area contributed by atoms with E-state index >= 15 is 0 Å². The minimum Gasteiger partial charge on any atom is -0.371 e. The first-order valence-corrected chi connectivity index (χ1v) is 10.0. The summed E-state index contributed by atoms with van der Waals surface area (Å²) >= 11 is 6.00. The molecule has 2 aliphatic heterocycles. The molecular formula is C22H25ClN2O2. The molecule has 2 aromatic rings. The van der Waals surface area contributed by atoms with Crippen LogP contribution in [0.25, 0.3) is 0 Å². The van der Waals surface area contributed by atoms with Crippen molar-refractivity contribution >= 4 is 23.2 Å². The molecule has 1 amide bonds. The van der Waals surface area contributed by atoms with Crippen LogP contribution < -0.4 is 4.90 Å². The van der Waals surface area contributed by atoms with Gasteiger partial charge in [0.1, 0.15) is 0 Å². The predicted octanol–water partition coefficient (Wildman–Crippen LogP) is 4.08. The number of benzene rings is 2. The van der Waals surface area contributed by atoms with E-state index in [0.29, 0.717) is 13.2 Å². The number of hydrogen-bond acceptors (Lipinski definition) is 3. The summed E-state index contributed by atoms with van der Waals surface area (Å²) in [6, 6.07) is 15.9. The number of aryl methyl sites for hydroxylation is 1. The van der Waals surface area contributed by atoms with Gasteiger partial charge in [-0.05, 0) is 49.1 Å². The lowest BCUT2D eigenvalue weighted by Gasteiger charge is -2.39. The Bertz CT molecular complexity index is 808. The maximum absolute atomic E-state index is 13.3. The summed E-state index contributed by atoms with van der Waals surface area (Å²) in [5.74, 6) is 0.180. The van der Waals surface area contributed by atoms with Crippen LogP contribution in [0.5, 0.6) is 0 Å². The Labute approximate surface area is 165 Å². The first kappa shape index (κ1) is 18.5. The van der Waals surface area contributed by atoms with Gasteiger partial charge in [0.2, 0.25) is 5.91 Å². The normalized spacial score (nSPS) is 21.6. The summed E-state index contributed by atoms with van der Waals surface area (Å²) in [6.45, 7) is 4.92. The Morgan fingerprint density at radius 2 is 1.93 bits per heavy atom. The van der Waals surface area contributed by atoms with Gasteiger partial charge in [0.05, 0.1) is 18.8 Å². The fourth-order valence-corrected chi connectivity index (χ4v) is 4.17. The van der Waals surface area contributed by atoms with E-state index in [1.807, 2.05) is 42.2 Å². The molecule has 0 unspecified atom stereocenters. The third kappa shape index (κ3) is 3.88. The van der Waals surface area contributed by atoms with Crippen LogP contribution in [0.4, 0.5) is 5.69 Å². The zero-order valence-electron chi connectivity index (χ0n) is 15.6. The summed E-state index contributed by atoms with van der Waals surface area (Å²) < 4.78 is 5.96. The van der Waals surface area contributed by atoms with Gasteiger partial charge in [-0.15, -0.1) is 0 Å². The second kappa shape index (κ2) is 8.01. The zero-order chi connectivity index (χ0) is 18.8. The van der Waals surface area contributed by atoms with Gasteiger partial charge in [-0.2, -0.15) is 0 Å². The van der Waals surface area contributed by atoms with Crippen molar-refractivity contribution in [3.63, 3.8) is 0 Å². The molecule has 0 spiro atoms. The lowest BCUT2D eigenvalue weighted by atomic mass is 10.0. The maximum Gasteiger partial charge on any atom is 0.244 e. The van der Waals surface area contributed by atoms with Crippen LogP contribution in [-0.2, 0) is 16.0 Å². The molecule has 2 aliphatic rings. The Balaban J connectivity index is 1.48. The van der Waals surface area contributed by atoms with Crippen molar-refractivity contribution in [2.75, 3.05) is 31.1 Å². The molecule has 5 heteroatoms. The molecule has 0 bridgehead atoms. The highest BCUT2D eigenvalue weighted by molar-refractivity contribution is 6.30. The largest absolute Gasteiger partial charge is 0.371 e. The van der Waals surface area contributed by atoms with Crippen LogP contribution >= 0.6 is 11.6 Å². The number of anilines is 1. The van der Waals surface area contributed by atoms with E-state index in [0.717, 1.165) is 42.2 Å². The Morgan fingerprint density at radius 1 is 1.15 bits per heavy atom.